The van der Waals surface area contributed by atoms with Gasteiger partial charge in [-0.15, -0.1) is 24.0 Å². The van der Waals surface area contributed by atoms with E-state index in [1.807, 2.05) is 27.7 Å². The van der Waals surface area contributed by atoms with Crippen molar-refractivity contribution >= 4 is 35.8 Å². The molecule has 0 spiro atoms. The second kappa shape index (κ2) is 14.5. The average molecular weight is 494 g/mol. The lowest BCUT2D eigenvalue weighted by molar-refractivity contribution is -0.121. The molecule has 2 unspecified atom stereocenters. The first-order valence-corrected chi connectivity index (χ1v) is 9.18. The molecule has 1 amide bonds. The van der Waals surface area contributed by atoms with Gasteiger partial charge in [-0.2, -0.15) is 0 Å². The van der Waals surface area contributed by atoms with Crippen LogP contribution < -0.4 is 20.7 Å². The summed E-state index contributed by atoms with van der Waals surface area (Å²) in [5.41, 5.74) is 0. The first kappa shape index (κ1) is 25.4. The molecule has 0 aliphatic rings. The Morgan fingerprint density at radius 3 is 2.56 bits per heavy atom. The van der Waals surface area contributed by atoms with Crippen molar-refractivity contribution in [3.63, 3.8) is 0 Å². The second-order valence-corrected chi connectivity index (χ2v) is 6.13. The van der Waals surface area contributed by atoms with E-state index in [9.17, 15) is 9.18 Å². The van der Waals surface area contributed by atoms with Crippen molar-refractivity contribution in [2.45, 2.75) is 52.7 Å². The highest BCUT2D eigenvalue weighted by Gasteiger charge is 2.09. The third-order valence-electron chi connectivity index (χ3n) is 3.68. The predicted octanol–water partition coefficient (Wildman–Crippen LogP) is 3.07. The summed E-state index contributed by atoms with van der Waals surface area (Å²) in [7, 11) is 0. The highest BCUT2D eigenvalue weighted by molar-refractivity contribution is 14.0. The van der Waals surface area contributed by atoms with Gasteiger partial charge in [-0.25, -0.2) is 9.38 Å². The largest absolute Gasteiger partial charge is 0.486 e. The van der Waals surface area contributed by atoms with Crippen molar-refractivity contribution in [2.24, 2.45) is 4.99 Å². The Bertz CT molecular complexity index is 587. The summed E-state index contributed by atoms with van der Waals surface area (Å²) in [5.74, 6) is 0.447. The van der Waals surface area contributed by atoms with E-state index in [1.165, 1.54) is 6.07 Å². The van der Waals surface area contributed by atoms with Gasteiger partial charge < -0.3 is 20.7 Å². The fourth-order valence-electron chi connectivity index (χ4n) is 2.10. The van der Waals surface area contributed by atoms with Crippen LogP contribution in [0.3, 0.4) is 0 Å². The molecular weight excluding hydrogens is 462 g/mol. The summed E-state index contributed by atoms with van der Waals surface area (Å²) in [6.45, 7) is 9.36. The van der Waals surface area contributed by atoms with Crippen LogP contribution in [0, 0.1) is 5.82 Å². The first-order chi connectivity index (χ1) is 12.5. The molecule has 0 aliphatic heterocycles. The van der Waals surface area contributed by atoms with Crippen LogP contribution in [0.15, 0.2) is 29.3 Å². The van der Waals surface area contributed by atoms with Gasteiger partial charge in [-0.05, 0) is 39.3 Å². The molecule has 0 saturated heterocycles. The second-order valence-electron chi connectivity index (χ2n) is 6.13. The SMILES string of the molecule is CCNC(=NCC(C)Oc1ccccc1F)NCCC(=O)NC(C)CC.I. The monoisotopic (exact) mass is 494 g/mol. The lowest BCUT2D eigenvalue weighted by Crippen LogP contribution is -2.40. The van der Waals surface area contributed by atoms with E-state index < -0.39 is 0 Å². The smallest absolute Gasteiger partial charge is 0.221 e. The molecule has 0 fully saturated rings. The number of para-hydroxylation sites is 1. The minimum absolute atomic E-state index is 0. The molecule has 1 aromatic rings. The molecule has 6 nitrogen and oxygen atoms in total. The molecule has 2 atom stereocenters. The molecule has 0 saturated carbocycles. The van der Waals surface area contributed by atoms with Gasteiger partial charge in [0.2, 0.25) is 5.91 Å². The number of aliphatic imine (C=N–C) groups is 1. The van der Waals surface area contributed by atoms with Crippen molar-refractivity contribution in [3.05, 3.63) is 30.1 Å². The number of hydrogen-bond acceptors (Lipinski definition) is 3. The fraction of sp³-hybridized carbons (Fsp3) is 0.579. The molecule has 8 heteroatoms. The minimum Gasteiger partial charge on any atom is -0.486 e. The van der Waals surface area contributed by atoms with Crippen LogP contribution in [0.2, 0.25) is 0 Å². The number of amides is 1. The van der Waals surface area contributed by atoms with Crippen LogP contribution in [0.5, 0.6) is 5.75 Å². The molecule has 0 heterocycles. The van der Waals surface area contributed by atoms with E-state index in [2.05, 4.69) is 20.9 Å². The molecule has 154 valence electrons. The Hall–Kier alpha value is -1.58. The van der Waals surface area contributed by atoms with Gasteiger partial charge in [-0.3, -0.25) is 4.79 Å². The number of hydrogen-bond donors (Lipinski definition) is 3. The topological polar surface area (TPSA) is 74.8 Å². The first-order valence-electron chi connectivity index (χ1n) is 9.18. The van der Waals surface area contributed by atoms with Crippen molar-refractivity contribution in [2.75, 3.05) is 19.6 Å². The predicted molar refractivity (Wildman–Crippen MR) is 118 cm³/mol. The summed E-state index contributed by atoms with van der Waals surface area (Å²) >= 11 is 0. The highest BCUT2D eigenvalue weighted by Crippen LogP contribution is 2.16. The van der Waals surface area contributed by atoms with Crippen LogP contribution >= 0.6 is 24.0 Å². The molecule has 1 aromatic carbocycles. The Morgan fingerprint density at radius 1 is 1.22 bits per heavy atom. The van der Waals surface area contributed by atoms with Gasteiger partial charge in [0.15, 0.2) is 17.5 Å². The van der Waals surface area contributed by atoms with Gasteiger partial charge >= 0.3 is 0 Å². The standard InChI is InChI=1S/C19H31FN4O2.HI/c1-5-14(3)24-18(25)11-12-22-19(21-6-2)23-13-15(4)26-17-10-8-7-9-16(17)20;/h7-10,14-15H,5-6,11-13H2,1-4H3,(H,24,25)(H2,21,22,23);1H. The van der Waals surface area contributed by atoms with E-state index in [4.69, 9.17) is 4.74 Å². The maximum absolute atomic E-state index is 13.6. The van der Waals surface area contributed by atoms with Gasteiger partial charge in [-0.1, -0.05) is 19.1 Å². The number of nitrogens with zero attached hydrogens (tertiary/aromatic N) is 1. The molecule has 3 N–H and O–H groups in total. The number of ether oxygens (including phenoxy) is 1. The molecule has 0 radical (unpaired) electrons. The molecule has 27 heavy (non-hydrogen) atoms. The quantitative estimate of drug-likeness (QED) is 0.266. The lowest BCUT2D eigenvalue weighted by atomic mass is 10.2. The number of guanidine groups is 1. The zero-order valence-corrected chi connectivity index (χ0v) is 18.9. The van der Waals surface area contributed by atoms with Crippen LogP contribution in [0.4, 0.5) is 4.39 Å². The molecule has 0 aromatic heterocycles. The average Bonchev–Trinajstić information content (AvgIpc) is 2.61. The summed E-state index contributed by atoms with van der Waals surface area (Å²) in [5, 5.41) is 9.16. The lowest BCUT2D eigenvalue weighted by Gasteiger charge is -2.16. The number of carbonyl (C=O) groups excluding carboxylic acids is 1. The zero-order chi connectivity index (χ0) is 19.4. The van der Waals surface area contributed by atoms with E-state index >= 15 is 0 Å². The Kier molecular flexibility index (Phi) is 13.6. The minimum atomic E-state index is -0.388. The van der Waals surface area contributed by atoms with Gasteiger partial charge in [0, 0.05) is 25.6 Å². The molecule has 1 rings (SSSR count). The van der Waals surface area contributed by atoms with E-state index in [-0.39, 0.29) is 53.6 Å². The maximum atomic E-state index is 13.6. The van der Waals surface area contributed by atoms with Crippen molar-refractivity contribution < 1.29 is 13.9 Å². The summed E-state index contributed by atoms with van der Waals surface area (Å²) in [4.78, 5) is 16.2. The third kappa shape index (κ3) is 11.0. The number of carbonyl (C=O) groups is 1. The molecule has 0 bridgehead atoms. The fourth-order valence-corrected chi connectivity index (χ4v) is 2.10. The number of halogens is 2. The zero-order valence-electron chi connectivity index (χ0n) is 16.5. The Morgan fingerprint density at radius 2 is 1.93 bits per heavy atom. The maximum Gasteiger partial charge on any atom is 0.221 e. The third-order valence-corrected chi connectivity index (χ3v) is 3.68. The molecular formula is C19H32FIN4O2. The normalized spacial score (nSPS) is 13.1. The van der Waals surface area contributed by atoms with Gasteiger partial charge in [0.05, 0.1) is 6.54 Å². The van der Waals surface area contributed by atoms with Crippen LogP contribution in [-0.4, -0.2) is 43.6 Å². The summed E-state index contributed by atoms with van der Waals surface area (Å²) in [6, 6.07) is 6.48. The van der Waals surface area contributed by atoms with Crippen molar-refractivity contribution in [1.29, 1.82) is 0 Å². The van der Waals surface area contributed by atoms with E-state index in [0.717, 1.165) is 6.42 Å². The van der Waals surface area contributed by atoms with Gasteiger partial charge in [0.1, 0.15) is 6.10 Å². The number of rotatable bonds is 10. The summed E-state index contributed by atoms with van der Waals surface area (Å²) in [6.07, 6.45) is 0.996. The van der Waals surface area contributed by atoms with Crippen LogP contribution in [0.25, 0.3) is 0 Å². The van der Waals surface area contributed by atoms with Crippen molar-refractivity contribution in [3.8, 4) is 5.75 Å². The molecule has 0 aliphatic carbocycles. The van der Waals surface area contributed by atoms with E-state index in [1.54, 1.807) is 18.2 Å². The van der Waals surface area contributed by atoms with Crippen LogP contribution in [0.1, 0.15) is 40.5 Å². The number of benzene rings is 1. The van der Waals surface area contributed by atoms with Crippen LogP contribution in [-0.2, 0) is 4.79 Å². The van der Waals surface area contributed by atoms with Gasteiger partial charge in [0.25, 0.3) is 0 Å². The van der Waals surface area contributed by atoms with Crippen molar-refractivity contribution in [1.82, 2.24) is 16.0 Å². The Balaban J connectivity index is 0.00000676. The summed E-state index contributed by atoms with van der Waals surface area (Å²) < 4.78 is 19.2. The Labute approximate surface area is 178 Å². The number of nitrogens with one attached hydrogen (secondary N) is 3. The highest BCUT2D eigenvalue weighted by atomic mass is 127. The van der Waals surface area contributed by atoms with E-state index in [0.29, 0.717) is 32.0 Å².